The van der Waals surface area contributed by atoms with Crippen LogP contribution >= 0.6 is 0 Å². The van der Waals surface area contributed by atoms with Gasteiger partial charge >= 0.3 is 0 Å². The smallest absolute Gasteiger partial charge is 0.258 e. The van der Waals surface area contributed by atoms with Gasteiger partial charge in [0.15, 0.2) is 11.5 Å². The van der Waals surface area contributed by atoms with Gasteiger partial charge in [0.1, 0.15) is 18.0 Å². The summed E-state index contributed by atoms with van der Waals surface area (Å²) in [5.41, 5.74) is 2.80. The zero-order valence-corrected chi connectivity index (χ0v) is 19.5. The lowest BCUT2D eigenvalue weighted by Gasteiger charge is -2.19. The maximum atomic E-state index is 13.7. The molecule has 36 heavy (non-hydrogen) atoms. The van der Waals surface area contributed by atoms with Crippen LogP contribution in [-0.2, 0) is 17.8 Å². The van der Waals surface area contributed by atoms with Gasteiger partial charge in [0.25, 0.3) is 5.91 Å². The largest absolute Gasteiger partial charge is 0.472 e. The molecule has 9 nitrogen and oxygen atoms in total. The molecule has 6 rings (SSSR count). The number of carbonyl (C=O) groups excluding carboxylic acids is 1. The second kappa shape index (κ2) is 9.62. The third-order valence-corrected chi connectivity index (χ3v) is 6.49. The summed E-state index contributed by atoms with van der Waals surface area (Å²) in [4.78, 5) is 24.0. The summed E-state index contributed by atoms with van der Waals surface area (Å²) >= 11 is 0. The average Bonchev–Trinajstić information content (AvgIpc) is 3.66. The molecule has 1 atom stereocenters. The molecule has 4 heterocycles. The Morgan fingerprint density at radius 2 is 2.11 bits per heavy atom. The molecular weight excluding hydrogens is 467 g/mol. The molecule has 0 saturated carbocycles. The Kier molecular flexibility index (Phi) is 6.02. The van der Waals surface area contributed by atoms with E-state index < -0.39 is 0 Å². The van der Waals surface area contributed by atoms with E-state index in [-0.39, 0.29) is 42.7 Å². The molecule has 10 heteroatoms. The van der Waals surface area contributed by atoms with Gasteiger partial charge in [-0.25, -0.2) is 9.37 Å². The zero-order valence-electron chi connectivity index (χ0n) is 19.5. The van der Waals surface area contributed by atoms with Gasteiger partial charge in [-0.05, 0) is 60.7 Å². The van der Waals surface area contributed by atoms with Crippen molar-refractivity contribution >= 4 is 17.5 Å². The second-order valence-electron chi connectivity index (χ2n) is 8.88. The number of anilines is 2. The maximum Gasteiger partial charge on any atom is 0.258 e. The average molecular weight is 493 g/mol. The number of halogens is 1. The zero-order chi connectivity index (χ0) is 24.5. The predicted octanol–water partition coefficient (Wildman–Crippen LogP) is 3.53. The van der Waals surface area contributed by atoms with Crippen molar-refractivity contribution in [2.75, 3.05) is 31.4 Å². The van der Waals surface area contributed by atoms with Crippen LogP contribution in [0, 0.1) is 5.82 Å². The van der Waals surface area contributed by atoms with E-state index in [1.165, 1.54) is 18.3 Å². The van der Waals surface area contributed by atoms with Crippen LogP contribution in [0.4, 0.5) is 16.0 Å². The van der Waals surface area contributed by atoms with Crippen molar-refractivity contribution in [3.63, 3.8) is 0 Å². The third-order valence-electron chi connectivity index (χ3n) is 6.49. The normalized spacial score (nSPS) is 17.8. The number of amides is 1. The molecule has 186 valence electrons. The van der Waals surface area contributed by atoms with E-state index in [9.17, 15) is 9.18 Å². The molecule has 0 bridgehead atoms. The molecular formula is C26H25FN4O5. The van der Waals surface area contributed by atoms with Crippen LogP contribution in [0.5, 0.6) is 17.4 Å². The monoisotopic (exact) mass is 492 g/mol. The topological polar surface area (TPSA) is 95.0 Å². The van der Waals surface area contributed by atoms with Gasteiger partial charge in [-0.2, -0.15) is 4.98 Å². The van der Waals surface area contributed by atoms with E-state index in [0.29, 0.717) is 43.6 Å². The summed E-state index contributed by atoms with van der Waals surface area (Å²) in [5.74, 6) is 1.27. The minimum absolute atomic E-state index is 0.00800. The van der Waals surface area contributed by atoms with E-state index >= 15 is 0 Å². The number of rotatable bonds is 7. The van der Waals surface area contributed by atoms with E-state index in [2.05, 4.69) is 15.3 Å². The van der Waals surface area contributed by atoms with Crippen molar-refractivity contribution in [1.29, 1.82) is 0 Å². The van der Waals surface area contributed by atoms with Gasteiger partial charge in [0.2, 0.25) is 18.6 Å². The number of hydrogen-bond acceptors (Lipinski definition) is 8. The first-order valence-corrected chi connectivity index (χ1v) is 12.0. The Bertz CT molecular complexity index is 1300. The van der Waals surface area contributed by atoms with Crippen LogP contribution in [-0.4, -0.2) is 48.5 Å². The second-order valence-corrected chi connectivity index (χ2v) is 8.88. The Labute approximate surface area is 207 Å². The number of nitrogens with one attached hydrogen (secondary N) is 1. The highest BCUT2D eigenvalue weighted by atomic mass is 19.1. The summed E-state index contributed by atoms with van der Waals surface area (Å²) < 4.78 is 36.2. The lowest BCUT2D eigenvalue weighted by molar-refractivity contribution is 0.0853. The Morgan fingerprint density at radius 3 is 3.00 bits per heavy atom. The molecule has 1 amide bonds. The third kappa shape index (κ3) is 4.51. The van der Waals surface area contributed by atoms with E-state index in [4.69, 9.17) is 18.9 Å². The van der Waals surface area contributed by atoms with Crippen LogP contribution < -0.4 is 24.4 Å². The van der Waals surface area contributed by atoms with Crippen molar-refractivity contribution in [3.8, 4) is 17.4 Å². The molecule has 1 saturated heterocycles. The first-order valence-electron chi connectivity index (χ1n) is 12.0. The van der Waals surface area contributed by atoms with Crippen LogP contribution in [0.1, 0.15) is 34.3 Å². The minimum Gasteiger partial charge on any atom is -0.472 e. The first-order chi connectivity index (χ1) is 17.6. The first kappa shape index (κ1) is 22.5. The standard InChI is InChI=1S/C26H25FN4O5/c27-18-4-5-21-17(11-18)7-8-31(21)26-29-13-20(24(32)28-12-19-2-1-9-33-19)25(30-26)34-14-16-3-6-22-23(10-16)36-15-35-22/h3-6,10-11,13,19H,1-2,7-9,12,14-15H2,(H,28,32). The highest BCUT2D eigenvalue weighted by Gasteiger charge is 2.26. The number of aromatic nitrogens is 2. The maximum absolute atomic E-state index is 13.7. The lowest BCUT2D eigenvalue weighted by atomic mass is 10.2. The minimum atomic E-state index is -0.332. The highest BCUT2D eigenvalue weighted by Crippen LogP contribution is 2.35. The van der Waals surface area contributed by atoms with Crippen LogP contribution in [0.25, 0.3) is 0 Å². The Balaban J connectivity index is 1.26. The van der Waals surface area contributed by atoms with E-state index in [1.807, 2.05) is 23.1 Å². The van der Waals surface area contributed by atoms with Gasteiger partial charge in [0, 0.05) is 31.6 Å². The molecule has 3 aliphatic heterocycles. The van der Waals surface area contributed by atoms with Crippen molar-refractivity contribution in [2.24, 2.45) is 0 Å². The van der Waals surface area contributed by atoms with Gasteiger partial charge < -0.3 is 29.2 Å². The molecule has 2 aromatic carbocycles. The Hall–Kier alpha value is -3.92. The van der Waals surface area contributed by atoms with Crippen LogP contribution in [0.2, 0.25) is 0 Å². The van der Waals surface area contributed by atoms with E-state index in [1.54, 1.807) is 6.07 Å². The van der Waals surface area contributed by atoms with Crippen molar-refractivity contribution in [2.45, 2.75) is 32.0 Å². The molecule has 1 unspecified atom stereocenters. The summed E-state index contributed by atoms with van der Waals surface area (Å²) in [6.07, 6.45) is 4.06. The molecule has 0 radical (unpaired) electrons. The fraction of sp³-hybridized carbons (Fsp3) is 0.346. The molecule has 3 aromatic rings. The molecule has 0 aliphatic carbocycles. The summed E-state index contributed by atoms with van der Waals surface area (Å²) in [7, 11) is 0. The van der Waals surface area contributed by atoms with Gasteiger partial charge in [-0.15, -0.1) is 0 Å². The number of carbonyl (C=O) groups is 1. The van der Waals surface area contributed by atoms with Gasteiger partial charge in [-0.1, -0.05) is 6.07 Å². The molecule has 1 fully saturated rings. The molecule has 0 spiro atoms. The number of benzene rings is 2. The fourth-order valence-electron chi connectivity index (χ4n) is 4.62. The molecule has 3 aliphatic rings. The van der Waals surface area contributed by atoms with Gasteiger partial charge in [0.05, 0.1) is 6.10 Å². The van der Waals surface area contributed by atoms with Crippen molar-refractivity contribution < 1.29 is 28.1 Å². The number of ether oxygens (including phenoxy) is 4. The quantitative estimate of drug-likeness (QED) is 0.535. The summed E-state index contributed by atoms with van der Waals surface area (Å²) in [5, 5.41) is 2.91. The fourth-order valence-corrected chi connectivity index (χ4v) is 4.62. The highest BCUT2D eigenvalue weighted by molar-refractivity contribution is 5.96. The SMILES string of the molecule is O=C(NCC1CCCO1)c1cnc(N2CCc3cc(F)ccc32)nc1OCc1ccc2c(c1)OCO2. The van der Waals surface area contributed by atoms with Gasteiger partial charge in [-0.3, -0.25) is 4.79 Å². The number of nitrogens with zero attached hydrogens (tertiary/aromatic N) is 3. The molecule has 1 N–H and O–H groups in total. The van der Waals surface area contributed by atoms with E-state index in [0.717, 1.165) is 29.7 Å². The lowest BCUT2D eigenvalue weighted by Crippen LogP contribution is -2.32. The van der Waals surface area contributed by atoms with Crippen LogP contribution in [0.3, 0.4) is 0 Å². The van der Waals surface area contributed by atoms with Crippen LogP contribution in [0.15, 0.2) is 42.6 Å². The Morgan fingerprint density at radius 1 is 1.19 bits per heavy atom. The predicted molar refractivity (Wildman–Crippen MR) is 127 cm³/mol. The number of hydrogen-bond donors (Lipinski definition) is 1. The molecule has 1 aromatic heterocycles. The van der Waals surface area contributed by atoms with Crippen molar-refractivity contribution in [3.05, 3.63) is 65.1 Å². The van der Waals surface area contributed by atoms with Crippen molar-refractivity contribution in [1.82, 2.24) is 15.3 Å². The summed E-state index contributed by atoms with van der Waals surface area (Å²) in [6.45, 7) is 2.08. The number of fused-ring (bicyclic) bond motifs is 2. The summed E-state index contributed by atoms with van der Waals surface area (Å²) in [6, 6.07) is 10.2.